The first kappa shape index (κ1) is 13.4. The fourth-order valence-electron chi connectivity index (χ4n) is 2.05. The lowest BCUT2D eigenvalue weighted by atomic mass is 10.1. The van der Waals surface area contributed by atoms with Crippen LogP contribution in [0.2, 0.25) is 0 Å². The number of hydrogen-bond donors (Lipinski definition) is 2. The molecular weight excluding hydrogens is 244 g/mol. The summed E-state index contributed by atoms with van der Waals surface area (Å²) in [5.41, 5.74) is 0. The van der Waals surface area contributed by atoms with E-state index in [0.717, 1.165) is 31.7 Å². The lowest BCUT2D eigenvalue weighted by molar-refractivity contribution is -0.121. The maximum atomic E-state index is 11.7. The highest BCUT2D eigenvalue weighted by Crippen LogP contribution is 2.17. The van der Waals surface area contributed by atoms with Crippen molar-refractivity contribution in [3.8, 4) is 0 Å². The van der Waals surface area contributed by atoms with Crippen LogP contribution in [0.25, 0.3) is 0 Å². The number of benzene rings is 1. The second-order valence-electron chi connectivity index (χ2n) is 4.52. The molecule has 1 aliphatic rings. The van der Waals surface area contributed by atoms with Crippen molar-refractivity contribution in [2.45, 2.75) is 30.2 Å². The first-order chi connectivity index (χ1) is 8.84. The van der Waals surface area contributed by atoms with Crippen molar-refractivity contribution < 1.29 is 4.79 Å². The fraction of sp³-hybridized carbons (Fsp3) is 0.500. The third kappa shape index (κ3) is 4.70. The average Bonchev–Trinajstić information content (AvgIpc) is 2.41. The Balaban J connectivity index is 1.62. The zero-order valence-electron chi connectivity index (χ0n) is 10.5. The van der Waals surface area contributed by atoms with Crippen LogP contribution >= 0.6 is 11.8 Å². The molecule has 0 saturated carbocycles. The van der Waals surface area contributed by atoms with E-state index < -0.39 is 0 Å². The SMILES string of the molecule is O=C(CCSc1ccccc1)N[C@H]1CCCNC1. The molecule has 18 heavy (non-hydrogen) atoms. The van der Waals surface area contributed by atoms with Crippen LogP contribution in [0, 0.1) is 0 Å². The van der Waals surface area contributed by atoms with Gasteiger partial charge in [0.25, 0.3) is 0 Å². The van der Waals surface area contributed by atoms with Crippen LogP contribution in [0.5, 0.6) is 0 Å². The van der Waals surface area contributed by atoms with Gasteiger partial charge in [0.15, 0.2) is 0 Å². The van der Waals surface area contributed by atoms with E-state index in [1.165, 1.54) is 4.90 Å². The molecule has 1 fully saturated rings. The molecule has 1 saturated heterocycles. The Kier molecular flexibility index (Phi) is 5.55. The van der Waals surface area contributed by atoms with Gasteiger partial charge in [0, 0.05) is 29.7 Å². The van der Waals surface area contributed by atoms with Gasteiger partial charge >= 0.3 is 0 Å². The molecule has 0 unspecified atom stereocenters. The van der Waals surface area contributed by atoms with Crippen molar-refractivity contribution in [2.75, 3.05) is 18.8 Å². The summed E-state index contributed by atoms with van der Waals surface area (Å²) in [4.78, 5) is 13.0. The predicted octanol–water partition coefficient (Wildman–Crippen LogP) is 2.04. The van der Waals surface area contributed by atoms with Crippen LogP contribution in [-0.4, -0.2) is 30.8 Å². The molecule has 0 bridgehead atoms. The molecule has 3 nitrogen and oxygen atoms in total. The summed E-state index contributed by atoms with van der Waals surface area (Å²) >= 11 is 1.73. The molecule has 1 heterocycles. The van der Waals surface area contributed by atoms with Gasteiger partial charge in [-0.3, -0.25) is 4.79 Å². The number of carbonyl (C=O) groups excluding carboxylic acids is 1. The molecule has 1 aromatic rings. The highest BCUT2D eigenvalue weighted by molar-refractivity contribution is 7.99. The third-order valence-electron chi connectivity index (χ3n) is 3.00. The smallest absolute Gasteiger partial charge is 0.221 e. The molecule has 1 aliphatic heterocycles. The van der Waals surface area contributed by atoms with Gasteiger partial charge in [-0.2, -0.15) is 0 Å². The van der Waals surface area contributed by atoms with Gasteiger partial charge in [-0.25, -0.2) is 0 Å². The lowest BCUT2D eigenvalue weighted by Gasteiger charge is -2.23. The molecule has 2 N–H and O–H groups in total. The molecule has 2 rings (SSSR count). The normalized spacial score (nSPS) is 19.4. The van der Waals surface area contributed by atoms with Crippen molar-refractivity contribution in [2.24, 2.45) is 0 Å². The quantitative estimate of drug-likeness (QED) is 0.800. The third-order valence-corrected chi connectivity index (χ3v) is 4.02. The molecule has 1 atom stereocenters. The first-order valence-corrected chi connectivity index (χ1v) is 7.51. The zero-order valence-corrected chi connectivity index (χ0v) is 11.3. The highest BCUT2D eigenvalue weighted by Gasteiger charge is 2.14. The van der Waals surface area contributed by atoms with Crippen LogP contribution in [0.3, 0.4) is 0 Å². The van der Waals surface area contributed by atoms with Crippen LogP contribution in [0.1, 0.15) is 19.3 Å². The molecule has 0 aliphatic carbocycles. The molecule has 0 spiro atoms. The van der Waals surface area contributed by atoms with Crippen LogP contribution in [-0.2, 0) is 4.79 Å². The standard InChI is InChI=1S/C14H20N2OS/c17-14(16-12-5-4-9-15-11-12)8-10-18-13-6-2-1-3-7-13/h1-3,6-7,12,15H,4-5,8-11H2,(H,16,17)/t12-/m0/s1. The Morgan fingerprint density at radius 2 is 2.22 bits per heavy atom. The zero-order chi connectivity index (χ0) is 12.6. The molecule has 0 aromatic heterocycles. The van der Waals surface area contributed by atoms with Crippen LogP contribution in [0.4, 0.5) is 0 Å². The number of piperidine rings is 1. The largest absolute Gasteiger partial charge is 0.352 e. The van der Waals surface area contributed by atoms with E-state index in [9.17, 15) is 4.79 Å². The summed E-state index contributed by atoms with van der Waals surface area (Å²) in [6.07, 6.45) is 2.85. The molecular formula is C14H20N2OS. The van der Waals surface area contributed by atoms with Crippen molar-refractivity contribution >= 4 is 17.7 Å². The molecule has 1 aromatic carbocycles. The Morgan fingerprint density at radius 1 is 1.39 bits per heavy atom. The van der Waals surface area contributed by atoms with Gasteiger partial charge in [-0.1, -0.05) is 18.2 Å². The molecule has 1 amide bonds. The van der Waals surface area contributed by atoms with E-state index in [1.54, 1.807) is 11.8 Å². The predicted molar refractivity (Wildman–Crippen MR) is 75.8 cm³/mol. The minimum Gasteiger partial charge on any atom is -0.352 e. The fourth-order valence-corrected chi connectivity index (χ4v) is 2.93. The Labute approximate surface area is 113 Å². The lowest BCUT2D eigenvalue weighted by Crippen LogP contribution is -2.45. The van der Waals surface area contributed by atoms with Crippen LogP contribution < -0.4 is 10.6 Å². The second kappa shape index (κ2) is 7.44. The Bertz CT molecular complexity index is 363. The second-order valence-corrected chi connectivity index (χ2v) is 5.69. The van der Waals surface area contributed by atoms with Crippen molar-refractivity contribution in [3.63, 3.8) is 0 Å². The van der Waals surface area contributed by atoms with Crippen molar-refractivity contribution in [1.82, 2.24) is 10.6 Å². The number of rotatable bonds is 5. The summed E-state index contributed by atoms with van der Waals surface area (Å²) in [6.45, 7) is 1.99. The van der Waals surface area contributed by atoms with Gasteiger partial charge in [0.2, 0.25) is 5.91 Å². The Hall–Kier alpha value is -1.00. The van der Waals surface area contributed by atoms with Gasteiger partial charge < -0.3 is 10.6 Å². The molecule has 98 valence electrons. The van der Waals surface area contributed by atoms with E-state index in [1.807, 2.05) is 18.2 Å². The minimum absolute atomic E-state index is 0.173. The van der Waals surface area contributed by atoms with Gasteiger partial charge in [0.1, 0.15) is 0 Å². The topological polar surface area (TPSA) is 41.1 Å². The van der Waals surface area contributed by atoms with Gasteiger partial charge in [0.05, 0.1) is 0 Å². The number of amides is 1. The monoisotopic (exact) mass is 264 g/mol. The van der Waals surface area contributed by atoms with Gasteiger partial charge in [-0.15, -0.1) is 11.8 Å². The Morgan fingerprint density at radius 3 is 2.94 bits per heavy atom. The van der Waals surface area contributed by atoms with Crippen molar-refractivity contribution in [1.29, 1.82) is 0 Å². The minimum atomic E-state index is 0.173. The van der Waals surface area contributed by atoms with E-state index in [2.05, 4.69) is 22.8 Å². The maximum Gasteiger partial charge on any atom is 0.221 e. The summed E-state index contributed by atoms with van der Waals surface area (Å²) in [7, 11) is 0. The van der Waals surface area contributed by atoms with Crippen molar-refractivity contribution in [3.05, 3.63) is 30.3 Å². The summed E-state index contributed by atoms with van der Waals surface area (Å²) < 4.78 is 0. The van der Waals surface area contributed by atoms with E-state index in [0.29, 0.717) is 12.5 Å². The van der Waals surface area contributed by atoms with Gasteiger partial charge in [-0.05, 0) is 31.5 Å². The van der Waals surface area contributed by atoms with Crippen LogP contribution in [0.15, 0.2) is 35.2 Å². The number of nitrogens with one attached hydrogen (secondary N) is 2. The molecule has 0 radical (unpaired) electrons. The van der Waals surface area contributed by atoms with E-state index >= 15 is 0 Å². The highest BCUT2D eigenvalue weighted by atomic mass is 32.2. The molecule has 4 heteroatoms. The van der Waals surface area contributed by atoms with E-state index in [-0.39, 0.29) is 5.91 Å². The summed E-state index contributed by atoms with van der Waals surface area (Å²) in [5.74, 6) is 1.02. The van der Waals surface area contributed by atoms with E-state index in [4.69, 9.17) is 0 Å². The summed E-state index contributed by atoms with van der Waals surface area (Å²) in [6, 6.07) is 10.5. The average molecular weight is 264 g/mol. The summed E-state index contributed by atoms with van der Waals surface area (Å²) in [5, 5.41) is 6.39. The number of thioether (sulfide) groups is 1. The maximum absolute atomic E-state index is 11.7. The first-order valence-electron chi connectivity index (χ1n) is 6.52. The number of hydrogen-bond acceptors (Lipinski definition) is 3. The number of carbonyl (C=O) groups is 1.